The molecule has 1 fully saturated rings. The third kappa shape index (κ3) is 5.29. The molecule has 2 atom stereocenters. The van der Waals surface area contributed by atoms with E-state index >= 15 is 0 Å². The summed E-state index contributed by atoms with van der Waals surface area (Å²) >= 11 is 5.45. The zero-order chi connectivity index (χ0) is 19.2. The van der Waals surface area contributed by atoms with Crippen molar-refractivity contribution in [2.45, 2.75) is 32.7 Å². The highest BCUT2D eigenvalue weighted by Crippen LogP contribution is 2.25. The number of anilines is 2. The molecular weight excluding hydrogens is 358 g/mol. The maximum Gasteiger partial charge on any atom is 0.234 e. The first-order valence-corrected chi connectivity index (χ1v) is 9.76. The molecule has 2 aromatic rings. The molecule has 3 rings (SSSR count). The van der Waals surface area contributed by atoms with Gasteiger partial charge in [-0.1, -0.05) is 37.3 Å². The normalized spacial score (nSPS) is 17.9. The summed E-state index contributed by atoms with van der Waals surface area (Å²) in [5.74, 6) is 2.50. The van der Waals surface area contributed by atoms with Crippen molar-refractivity contribution >= 4 is 29.1 Å². The highest BCUT2D eigenvalue weighted by molar-refractivity contribution is 7.80. The number of ether oxygens (including phenoxy) is 1. The maximum absolute atomic E-state index is 5.45. The van der Waals surface area contributed by atoms with E-state index in [1.54, 1.807) is 7.11 Å². The van der Waals surface area contributed by atoms with Gasteiger partial charge in [-0.2, -0.15) is 9.97 Å². The lowest BCUT2D eigenvalue weighted by atomic mass is 10.0. The van der Waals surface area contributed by atoms with Gasteiger partial charge in [0, 0.05) is 19.2 Å². The van der Waals surface area contributed by atoms with Gasteiger partial charge in [0.2, 0.25) is 11.8 Å². The van der Waals surface area contributed by atoms with Crippen LogP contribution in [0.15, 0.2) is 36.4 Å². The van der Waals surface area contributed by atoms with Gasteiger partial charge < -0.3 is 20.3 Å². The van der Waals surface area contributed by atoms with Gasteiger partial charge in [-0.3, -0.25) is 0 Å². The molecule has 144 valence electrons. The summed E-state index contributed by atoms with van der Waals surface area (Å²) in [4.78, 5) is 11.3. The molecule has 0 spiro atoms. The van der Waals surface area contributed by atoms with E-state index in [1.807, 2.05) is 24.3 Å². The zero-order valence-electron chi connectivity index (χ0n) is 16.1. The van der Waals surface area contributed by atoms with E-state index in [2.05, 4.69) is 51.5 Å². The van der Waals surface area contributed by atoms with Crippen LogP contribution in [0, 0.1) is 5.92 Å². The second-order valence-electron chi connectivity index (χ2n) is 7.02. The van der Waals surface area contributed by atoms with Gasteiger partial charge in [0.15, 0.2) is 5.11 Å². The Morgan fingerprint density at radius 1 is 1.30 bits per heavy atom. The van der Waals surface area contributed by atoms with Gasteiger partial charge in [0.05, 0.1) is 13.2 Å². The van der Waals surface area contributed by atoms with Gasteiger partial charge >= 0.3 is 0 Å². The number of hydrogen-bond acceptors (Lipinski definition) is 5. The molecule has 1 aliphatic heterocycles. The maximum atomic E-state index is 5.45. The van der Waals surface area contributed by atoms with Gasteiger partial charge in [-0.25, -0.2) is 0 Å². The molecule has 2 N–H and O–H groups in total. The molecular formula is C20H27N5OS. The number of benzene rings is 1. The average Bonchev–Trinajstić information content (AvgIpc) is 2.68. The fourth-order valence-electron chi connectivity index (χ4n) is 3.29. The lowest BCUT2D eigenvalue weighted by molar-refractivity contribution is 0.396. The van der Waals surface area contributed by atoms with Crippen molar-refractivity contribution < 1.29 is 4.74 Å². The largest absolute Gasteiger partial charge is 0.481 e. The first-order chi connectivity index (χ1) is 13.0. The molecule has 0 bridgehead atoms. The van der Waals surface area contributed by atoms with Crippen LogP contribution in [0.25, 0.3) is 0 Å². The molecule has 0 radical (unpaired) electrons. The fourth-order valence-corrected chi connectivity index (χ4v) is 3.56. The van der Waals surface area contributed by atoms with E-state index in [0.29, 0.717) is 22.9 Å². The van der Waals surface area contributed by atoms with Crippen LogP contribution in [-0.4, -0.2) is 35.3 Å². The summed E-state index contributed by atoms with van der Waals surface area (Å²) < 4.78 is 5.36. The van der Waals surface area contributed by atoms with Crippen LogP contribution in [0.3, 0.4) is 0 Å². The average molecular weight is 386 g/mol. The lowest BCUT2D eigenvalue weighted by Gasteiger charge is -2.32. The molecule has 0 saturated carbocycles. The molecule has 7 heteroatoms. The third-order valence-electron chi connectivity index (χ3n) is 4.75. The molecule has 0 aliphatic carbocycles. The molecule has 27 heavy (non-hydrogen) atoms. The third-order valence-corrected chi connectivity index (χ3v) is 4.97. The monoisotopic (exact) mass is 385 g/mol. The highest BCUT2D eigenvalue weighted by Gasteiger charge is 2.19. The van der Waals surface area contributed by atoms with Gasteiger partial charge in [-0.15, -0.1) is 0 Å². The molecule has 1 aromatic carbocycles. The van der Waals surface area contributed by atoms with Crippen LogP contribution < -0.4 is 20.3 Å². The fraction of sp³-hybridized carbons (Fsp3) is 0.450. The zero-order valence-corrected chi connectivity index (χ0v) is 16.9. The number of thiocarbonyl (C=S) groups is 1. The van der Waals surface area contributed by atoms with E-state index in [-0.39, 0.29) is 6.04 Å². The van der Waals surface area contributed by atoms with Crippen molar-refractivity contribution in [1.29, 1.82) is 0 Å². The van der Waals surface area contributed by atoms with Crippen molar-refractivity contribution in [2.24, 2.45) is 5.92 Å². The summed E-state index contributed by atoms with van der Waals surface area (Å²) in [5.41, 5.74) is 1.16. The summed E-state index contributed by atoms with van der Waals surface area (Å²) in [7, 11) is 1.61. The van der Waals surface area contributed by atoms with Crippen LogP contribution in [0.4, 0.5) is 11.8 Å². The molecule has 1 saturated heterocycles. The van der Waals surface area contributed by atoms with Crippen LogP contribution in [-0.2, 0) is 0 Å². The van der Waals surface area contributed by atoms with E-state index < -0.39 is 0 Å². The number of hydrogen-bond donors (Lipinski definition) is 2. The topological polar surface area (TPSA) is 62.3 Å². The Labute approximate surface area is 166 Å². The molecule has 0 unspecified atom stereocenters. The second kappa shape index (κ2) is 8.99. The van der Waals surface area contributed by atoms with Crippen molar-refractivity contribution in [2.75, 3.05) is 30.4 Å². The quantitative estimate of drug-likeness (QED) is 0.760. The summed E-state index contributed by atoms with van der Waals surface area (Å²) in [6, 6.07) is 12.1. The van der Waals surface area contributed by atoms with Crippen LogP contribution in [0.5, 0.6) is 5.88 Å². The Balaban J connectivity index is 1.70. The number of methoxy groups -OCH3 is 1. The Hall–Kier alpha value is -2.41. The van der Waals surface area contributed by atoms with Crippen molar-refractivity contribution in [3.05, 3.63) is 42.0 Å². The van der Waals surface area contributed by atoms with Crippen LogP contribution in [0.1, 0.15) is 38.3 Å². The Kier molecular flexibility index (Phi) is 6.45. The molecule has 2 heterocycles. The van der Waals surface area contributed by atoms with Gasteiger partial charge in [0.25, 0.3) is 0 Å². The number of rotatable bonds is 5. The van der Waals surface area contributed by atoms with E-state index in [0.717, 1.165) is 24.5 Å². The molecule has 6 nitrogen and oxygen atoms in total. The number of nitrogens with one attached hydrogen (secondary N) is 2. The molecule has 0 amide bonds. The minimum absolute atomic E-state index is 0.0826. The smallest absolute Gasteiger partial charge is 0.234 e. The van der Waals surface area contributed by atoms with Gasteiger partial charge in [-0.05, 0) is 43.5 Å². The van der Waals surface area contributed by atoms with E-state index in [4.69, 9.17) is 17.0 Å². The molecule has 1 aliphatic rings. The van der Waals surface area contributed by atoms with Crippen molar-refractivity contribution in [1.82, 2.24) is 15.3 Å². The van der Waals surface area contributed by atoms with Crippen molar-refractivity contribution in [3.8, 4) is 5.88 Å². The van der Waals surface area contributed by atoms with E-state index in [1.165, 1.54) is 12.8 Å². The van der Waals surface area contributed by atoms with Gasteiger partial charge in [0.1, 0.15) is 5.82 Å². The first kappa shape index (κ1) is 19.4. The Morgan fingerprint density at radius 3 is 2.78 bits per heavy atom. The standard InChI is InChI=1S/C20H27N5OS/c1-14-8-7-11-25(13-14)17-12-18(26-3)23-19(22-17)24-20(27)21-15(2)16-9-5-4-6-10-16/h4-6,9-10,12,14-15H,7-8,11,13H2,1-3H3,(H2,21,22,23,24,27)/t14-,15+/m0/s1. The number of nitrogens with zero attached hydrogens (tertiary/aromatic N) is 3. The number of piperidine rings is 1. The van der Waals surface area contributed by atoms with Crippen molar-refractivity contribution in [3.63, 3.8) is 0 Å². The Bertz CT molecular complexity index is 770. The van der Waals surface area contributed by atoms with Crippen LogP contribution in [0.2, 0.25) is 0 Å². The summed E-state index contributed by atoms with van der Waals surface area (Å²) in [5, 5.41) is 6.86. The lowest BCUT2D eigenvalue weighted by Crippen LogP contribution is -2.35. The Morgan fingerprint density at radius 2 is 2.07 bits per heavy atom. The second-order valence-corrected chi connectivity index (χ2v) is 7.42. The summed E-state index contributed by atoms with van der Waals surface area (Å²) in [6.07, 6.45) is 2.43. The van der Waals surface area contributed by atoms with E-state index in [9.17, 15) is 0 Å². The molecule has 1 aromatic heterocycles. The minimum Gasteiger partial charge on any atom is -0.481 e. The summed E-state index contributed by atoms with van der Waals surface area (Å²) in [6.45, 7) is 6.33. The SMILES string of the molecule is COc1cc(N2CCC[C@H](C)C2)nc(NC(=S)N[C@H](C)c2ccccc2)n1. The minimum atomic E-state index is 0.0826. The predicted octanol–water partition coefficient (Wildman–Crippen LogP) is 3.77. The highest BCUT2D eigenvalue weighted by atomic mass is 32.1. The number of aromatic nitrogens is 2. The first-order valence-electron chi connectivity index (χ1n) is 9.35. The van der Waals surface area contributed by atoms with Crippen LogP contribution >= 0.6 is 12.2 Å². The predicted molar refractivity (Wildman–Crippen MR) is 113 cm³/mol.